The molecule has 8 nitrogen and oxygen atoms in total. The zero-order valence-electron chi connectivity index (χ0n) is 20.1. The van der Waals surface area contributed by atoms with Gasteiger partial charge in [-0.2, -0.15) is 0 Å². The molecule has 0 spiro atoms. The molecular formula is C26H36N4O4. The molecule has 2 aliphatic carbocycles. The normalized spacial score (nSPS) is 25.1. The van der Waals surface area contributed by atoms with Crippen molar-refractivity contribution in [3.63, 3.8) is 0 Å². The number of methoxy groups -OCH3 is 1. The number of likely N-dealkylation sites (tertiary alicyclic amines) is 1. The van der Waals surface area contributed by atoms with Crippen molar-refractivity contribution in [2.24, 2.45) is 11.8 Å². The molecule has 1 N–H and O–H groups in total. The fourth-order valence-corrected chi connectivity index (χ4v) is 5.28. The van der Waals surface area contributed by atoms with Crippen LogP contribution in [0.15, 0.2) is 24.3 Å². The molecule has 2 heterocycles. The number of carbonyl (C=O) groups excluding carboxylic acids is 3. The second-order valence-electron chi connectivity index (χ2n) is 10.2. The molecule has 1 aromatic rings. The van der Waals surface area contributed by atoms with Gasteiger partial charge >= 0.3 is 0 Å². The van der Waals surface area contributed by atoms with Gasteiger partial charge in [-0.15, -0.1) is 0 Å². The minimum absolute atomic E-state index is 0.0420. The molecule has 3 amide bonds. The summed E-state index contributed by atoms with van der Waals surface area (Å²) in [5.41, 5.74) is 1.00. The monoisotopic (exact) mass is 468 g/mol. The van der Waals surface area contributed by atoms with E-state index in [4.69, 9.17) is 4.74 Å². The summed E-state index contributed by atoms with van der Waals surface area (Å²) in [6.45, 7) is 3.98. The lowest BCUT2D eigenvalue weighted by Gasteiger charge is -2.29. The van der Waals surface area contributed by atoms with E-state index in [9.17, 15) is 14.4 Å². The van der Waals surface area contributed by atoms with Crippen LogP contribution in [0.4, 0.5) is 0 Å². The smallest absolute Gasteiger partial charge is 0.245 e. The average Bonchev–Trinajstić information content (AvgIpc) is 3.76. The Labute approximate surface area is 201 Å². The van der Waals surface area contributed by atoms with Gasteiger partial charge < -0.3 is 24.8 Å². The second kappa shape index (κ2) is 9.94. The van der Waals surface area contributed by atoms with E-state index in [1.807, 2.05) is 39.0 Å². The van der Waals surface area contributed by atoms with E-state index in [0.29, 0.717) is 32.6 Å². The van der Waals surface area contributed by atoms with Gasteiger partial charge in [-0.3, -0.25) is 14.4 Å². The predicted octanol–water partition coefficient (Wildman–Crippen LogP) is 1.64. The molecule has 0 aromatic heterocycles. The number of amides is 3. The molecular weight excluding hydrogens is 432 g/mol. The summed E-state index contributed by atoms with van der Waals surface area (Å²) >= 11 is 0. The summed E-state index contributed by atoms with van der Waals surface area (Å²) in [6.07, 6.45) is 5.10. The quantitative estimate of drug-likeness (QED) is 0.658. The summed E-state index contributed by atoms with van der Waals surface area (Å²) in [5.74, 6) is 1.17. The van der Waals surface area contributed by atoms with E-state index in [1.54, 1.807) is 7.11 Å². The number of hydrogen-bond donors (Lipinski definition) is 1. The van der Waals surface area contributed by atoms with Gasteiger partial charge in [0.05, 0.1) is 13.2 Å². The van der Waals surface area contributed by atoms with Crippen LogP contribution in [0.3, 0.4) is 0 Å². The lowest BCUT2D eigenvalue weighted by molar-refractivity contribution is -0.144. The molecule has 184 valence electrons. The van der Waals surface area contributed by atoms with Crippen molar-refractivity contribution in [2.75, 3.05) is 39.8 Å². The van der Waals surface area contributed by atoms with Crippen molar-refractivity contribution in [1.82, 2.24) is 20.0 Å². The van der Waals surface area contributed by atoms with Crippen molar-refractivity contribution < 1.29 is 19.1 Å². The van der Waals surface area contributed by atoms with Gasteiger partial charge in [-0.05, 0) is 62.8 Å². The van der Waals surface area contributed by atoms with Crippen molar-refractivity contribution in [1.29, 1.82) is 0 Å². The van der Waals surface area contributed by atoms with Crippen molar-refractivity contribution in [3.05, 3.63) is 29.8 Å². The predicted molar refractivity (Wildman–Crippen MR) is 127 cm³/mol. The summed E-state index contributed by atoms with van der Waals surface area (Å²) in [5, 5.41) is 3.35. The van der Waals surface area contributed by atoms with Gasteiger partial charge in [-0.25, -0.2) is 0 Å². The van der Waals surface area contributed by atoms with E-state index in [2.05, 4.69) is 5.32 Å². The van der Waals surface area contributed by atoms with Crippen LogP contribution < -0.4 is 10.1 Å². The van der Waals surface area contributed by atoms with Crippen LogP contribution in [-0.4, -0.2) is 84.3 Å². The zero-order chi connectivity index (χ0) is 23.7. The van der Waals surface area contributed by atoms with Crippen molar-refractivity contribution >= 4 is 17.7 Å². The number of nitrogens with zero attached hydrogens (tertiary/aromatic N) is 3. The van der Waals surface area contributed by atoms with Crippen LogP contribution in [0.5, 0.6) is 5.75 Å². The molecule has 2 saturated heterocycles. The average molecular weight is 469 g/mol. The molecule has 0 radical (unpaired) electrons. The number of carbonyl (C=O) groups is 3. The highest BCUT2D eigenvalue weighted by atomic mass is 16.5. The highest BCUT2D eigenvalue weighted by molar-refractivity contribution is 5.90. The third-order valence-electron chi connectivity index (χ3n) is 7.56. The standard InChI is InChI=1S/C26H36N4O4/c1-34-22-5-2-4-18(14-22)16-29(24(31)19-6-7-19)21-15-23(30(17-21)25(32)20-8-9-20)26(33)28-12-3-10-27-11-13-28/h2,4-5,14,19-21,23,27H,3,6-13,15-17H2,1H3. The Hall–Kier alpha value is -2.61. The highest BCUT2D eigenvalue weighted by Crippen LogP contribution is 2.38. The Kier molecular flexibility index (Phi) is 6.77. The van der Waals surface area contributed by atoms with Crippen LogP contribution in [0.25, 0.3) is 0 Å². The largest absolute Gasteiger partial charge is 0.497 e. The summed E-state index contributed by atoms with van der Waals surface area (Å²) in [7, 11) is 1.64. The maximum Gasteiger partial charge on any atom is 0.245 e. The number of hydrogen-bond acceptors (Lipinski definition) is 5. The zero-order valence-corrected chi connectivity index (χ0v) is 20.1. The Balaban J connectivity index is 1.38. The third-order valence-corrected chi connectivity index (χ3v) is 7.56. The van der Waals surface area contributed by atoms with Gasteiger partial charge in [-0.1, -0.05) is 12.1 Å². The fraction of sp³-hybridized carbons (Fsp3) is 0.654. The third kappa shape index (κ3) is 5.06. The molecule has 8 heteroatoms. The van der Waals surface area contributed by atoms with E-state index < -0.39 is 6.04 Å². The van der Waals surface area contributed by atoms with Crippen LogP contribution in [0.2, 0.25) is 0 Å². The molecule has 34 heavy (non-hydrogen) atoms. The van der Waals surface area contributed by atoms with Crippen LogP contribution in [-0.2, 0) is 20.9 Å². The topological polar surface area (TPSA) is 82.2 Å². The van der Waals surface area contributed by atoms with Crippen LogP contribution in [0, 0.1) is 11.8 Å². The van der Waals surface area contributed by atoms with Gasteiger partial charge in [0.15, 0.2) is 0 Å². The van der Waals surface area contributed by atoms with E-state index >= 15 is 0 Å². The molecule has 2 aliphatic heterocycles. The van der Waals surface area contributed by atoms with Crippen LogP contribution >= 0.6 is 0 Å². The maximum absolute atomic E-state index is 13.6. The van der Waals surface area contributed by atoms with Crippen molar-refractivity contribution in [3.8, 4) is 5.75 Å². The minimum atomic E-state index is -0.476. The Morgan fingerprint density at radius 1 is 1.06 bits per heavy atom. The van der Waals surface area contributed by atoms with Gasteiger partial charge in [0.2, 0.25) is 17.7 Å². The lowest BCUT2D eigenvalue weighted by atomic mass is 10.1. The lowest BCUT2D eigenvalue weighted by Crippen LogP contribution is -2.49. The maximum atomic E-state index is 13.6. The minimum Gasteiger partial charge on any atom is -0.497 e. The summed E-state index contributed by atoms with van der Waals surface area (Å²) in [6, 6.07) is 7.17. The number of ether oxygens (including phenoxy) is 1. The highest BCUT2D eigenvalue weighted by Gasteiger charge is 2.48. The molecule has 4 aliphatic rings. The first-order valence-corrected chi connectivity index (χ1v) is 12.8. The van der Waals surface area contributed by atoms with Gasteiger partial charge in [0.1, 0.15) is 11.8 Å². The molecule has 1 aromatic carbocycles. The molecule has 2 atom stereocenters. The molecule has 2 unspecified atom stereocenters. The van der Waals surface area contributed by atoms with E-state index in [0.717, 1.165) is 56.5 Å². The second-order valence-corrected chi connectivity index (χ2v) is 10.2. The summed E-state index contributed by atoms with van der Waals surface area (Å²) in [4.78, 5) is 45.9. The Bertz CT molecular complexity index is 921. The Morgan fingerprint density at radius 3 is 2.59 bits per heavy atom. The first-order valence-electron chi connectivity index (χ1n) is 12.8. The van der Waals surface area contributed by atoms with Crippen molar-refractivity contribution in [2.45, 2.75) is 57.2 Å². The Morgan fingerprint density at radius 2 is 1.85 bits per heavy atom. The molecule has 0 bridgehead atoms. The van der Waals surface area contributed by atoms with Crippen LogP contribution in [0.1, 0.15) is 44.1 Å². The van der Waals surface area contributed by atoms with E-state index in [1.165, 1.54) is 0 Å². The first-order chi connectivity index (χ1) is 16.5. The molecule has 5 rings (SSSR count). The SMILES string of the molecule is COc1cccc(CN(C(=O)C2CC2)C2CC(C(=O)N3CCCNCC3)N(C(=O)C3CC3)C2)c1. The molecule has 2 saturated carbocycles. The number of rotatable bonds is 7. The van der Waals surface area contributed by atoms with E-state index in [-0.39, 0.29) is 35.6 Å². The van der Waals surface area contributed by atoms with Gasteiger partial charge in [0.25, 0.3) is 0 Å². The fourth-order valence-electron chi connectivity index (χ4n) is 5.28. The first kappa shape index (κ1) is 23.1. The van der Waals surface area contributed by atoms with Gasteiger partial charge in [0, 0.05) is 44.6 Å². The summed E-state index contributed by atoms with van der Waals surface area (Å²) < 4.78 is 5.38. The number of nitrogens with one attached hydrogen (secondary N) is 1. The number of benzene rings is 1. The molecule has 4 fully saturated rings.